The molecule has 5 atom stereocenters. The van der Waals surface area contributed by atoms with Gasteiger partial charge in [-0.15, -0.1) is 24.8 Å². The molecular formula is C50H69Cl2N7O6. The van der Waals surface area contributed by atoms with E-state index in [9.17, 15) is 24.3 Å². The molecule has 0 radical (unpaired) electrons. The van der Waals surface area contributed by atoms with Crippen LogP contribution in [0.15, 0.2) is 97.5 Å². The second kappa shape index (κ2) is 27.4. The molecule has 354 valence electrons. The van der Waals surface area contributed by atoms with Crippen molar-refractivity contribution < 1.29 is 29.4 Å². The van der Waals surface area contributed by atoms with Crippen LogP contribution in [0.2, 0.25) is 0 Å². The van der Waals surface area contributed by atoms with E-state index in [0.29, 0.717) is 50.8 Å². The SMILES string of the molecule is CC(C)CC(NC(=O)C[C@H](O)C(CC(C)C)NC(=O)C(Cc1cnc[nH]1)NC(=O)C(Cc1cccc2ccccc12)Cc1cccc2ccccc12)C(=O)NCCCCC(N)CO.Cl.Cl. The lowest BCUT2D eigenvalue weighted by atomic mass is 9.87. The van der Waals surface area contributed by atoms with Crippen LogP contribution in [0.4, 0.5) is 0 Å². The van der Waals surface area contributed by atoms with Crippen molar-refractivity contribution >= 4 is 70.0 Å². The third-order valence-corrected chi connectivity index (χ3v) is 11.5. The van der Waals surface area contributed by atoms with Crippen molar-refractivity contribution in [2.24, 2.45) is 23.5 Å². The van der Waals surface area contributed by atoms with E-state index in [0.717, 1.165) is 39.1 Å². The Morgan fingerprint density at radius 3 is 1.83 bits per heavy atom. The van der Waals surface area contributed by atoms with Gasteiger partial charge in [-0.25, -0.2) is 4.98 Å². The van der Waals surface area contributed by atoms with Crippen LogP contribution in [0.5, 0.6) is 0 Å². The summed E-state index contributed by atoms with van der Waals surface area (Å²) in [4.78, 5) is 63.0. The predicted molar refractivity (Wildman–Crippen MR) is 263 cm³/mol. The molecule has 0 saturated carbocycles. The molecule has 0 fully saturated rings. The lowest BCUT2D eigenvalue weighted by Crippen LogP contribution is -2.55. The van der Waals surface area contributed by atoms with E-state index in [1.807, 2.05) is 76.2 Å². The van der Waals surface area contributed by atoms with E-state index < -0.39 is 42.0 Å². The summed E-state index contributed by atoms with van der Waals surface area (Å²) in [5.74, 6) is -2.06. The van der Waals surface area contributed by atoms with E-state index in [2.05, 4.69) is 67.6 Å². The Hall–Kier alpha value is -5.05. The number of aliphatic hydroxyl groups is 2. The second-order valence-electron chi connectivity index (χ2n) is 17.7. The molecule has 5 rings (SSSR count). The lowest BCUT2D eigenvalue weighted by molar-refractivity contribution is -0.133. The highest BCUT2D eigenvalue weighted by Gasteiger charge is 2.32. The molecule has 1 aromatic heterocycles. The molecule has 9 N–H and O–H groups in total. The third kappa shape index (κ3) is 17.0. The number of carbonyl (C=O) groups excluding carboxylic acids is 4. The fourth-order valence-corrected chi connectivity index (χ4v) is 8.19. The first kappa shape index (κ1) is 54.3. The highest BCUT2D eigenvalue weighted by molar-refractivity contribution is 5.92. The van der Waals surface area contributed by atoms with Gasteiger partial charge >= 0.3 is 0 Å². The van der Waals surface area contributed by atoms with Crippen molar-refractivity contribution in [1.82, 2.24) is 31.2 Å². The largest absolute Gasteiger partial charge is 0.395 e. The van der Waals surface area contributed by atoms with Crippen LogP contribution < -0.4 is 27.0 Å². The maximum absolute atomic E-state index is 14.7. The Bertz CT molecular complexity index is 2150. The molecular weight excluding hydrogens is 865 g/mol. The van der Waals surface area contributed by atoms with Gasteiger partial charge in [0.25, 0.3) is 0 Å². The van der Waals surface area contributed by atoms with Gasteiger partial charge in [-0.3, -0.25) is 19.2 Å². The normalized spacial score (nSPS) is 13.6. The number of nitrogens with two attached hydrogens (primary N) is 1. The molecule has 65 heavy (non-hydrogen) atoms. The van der Waals surface area contributed by atoms with Crippen molar-refractivity contribution in [3.8, 4) is 0 Å². The van der Waals surface area contributed by atoms with Gasteiger partial charge in [-0.2, -0.15) is 0 Å². The number of carbonyl (C=O) groups is 4. The molecule has 0 aliphatic heterocycles. The summed E-state index contributed by atoms with van der Waals surface area (Å²) in [6.45, 7) is 8.14. The number of hydrogen-bond donors (Lipinski definition) is 8. The summed E-state index contributed by atoms with van der Waals surface area (Å²) in [5.41, 5.74) is 8.47. The smallest absolute Gasteiger partial charge is 0.243 e. The van der Waals surface area contributed by atoms with Crippen molar-refractivity contribution in [3.05, 3.63) is 114 Å². The maximum Gasteiger partial charge on any atom is 0.243 e. The second-order valence-corrected chi connectivity index (χ2v) is 17.7. The Morgan fingerprint density at radius 2 is 1.28 bits per heavy atom. The van der Waals surface area contributed by atoms with E-state index in [1.54, 1.807) is 6.20 Å². The quantitative estimate of drug-likeness (QED) is 0.0320. The molecule has 0 aliphatic carbocycles. The summed E-state index contributed by atoms with van der Waals surface area (Å²) >= 11 is 0. The third-order valence-electron chi connectivity index (χ3n) is 11.5. The average molecular weight is 935 g/mol. The number of imidazole rings is 1. The highest BCUT2D eigenvalue weighted by atomic mass is 35.5. The Balaban J connectivity index is 0.00000561. The van der Waals surface area contributed by atoms with Gasteiger partial charge < -0.3 is 42.2 Å². The zero-order valence-corrected chi connectivity index (χ0v) is 39.6. The number of H-pyrrole nitrogens is 1. The van der Waals surface area contributed by atoms with Gasteiger partial charge in [0.05, 0.1) is 31.5 Å². The number of nitrogens with zero attached hydrogens (tertiary/aromatic N) is 1. The first-order valence-corrected chi connectivity index (χ1v) is 22.4. The molecule has 5 aromatic rings. The topological polar surface area (TPSA) is 212 Å². The van der Waals surface area contributed by atoms with Crippen LogP contribution in [-0.2, 0) is 38.4 Å². The summed E-state index contributed by atoms with van der Waals surface area (Å²) in [7, 11) is 0. The number of nitrogens with one attached hydrogen (secondary N) is 5. The van der Waals surface area contributed by atoms with Crippen molar-refractivity contribution in [2.45, 2.75) is 116 Å². The number of aromatic nitrogens is 2. The molecule has 0 aliphatic rings. The fraction of sp³-hybridized carbons (Fsp3) is 0.460. The fourth-order valence-electron chi connectivity index (χ4n) is 8.19. The number of aliphatic hydroxyl groups excluding tert-OH is 2. The minimum absolute atomic E-state index is 0. The highest BCUT2D eigenvalue weighted by Crippen LogP contribution is 2.27. The maximum atomic E-state index is 14.7. The minimum Gasteiger partial charge on any atom is -0.395 e. The summed E-state index contributed by atoms with van der Waals surface area (Å²) in [6.07, 6.45) is 5.24. The van der Waals surface area contributed by atoms with Gasteiger partial charge in [-0.05, 0) is 83.0 Å². The molecule has 0 spiro atoms. The van der Waals surface area contributed by atoms with Crippen LogP contribution >= 0.6 is 24.8 Å². The van der Waals surface area contributed by atoms with E-state index in [1.165, 1.54) is 6.33 Å². The molecule has 4 aromatic carbocycles. The van der Waals surface area contributed by atoms with Crippen LogP contribution in [0.1, 0.15) is 83.0 Å². The van der Waals surface area contributed by atoms with Crippen LogP contribution in [0.3, 0.4) is 0 Å². The Kier molecular flexibility index (Phi) is 22.9. The van der Waals surface area contributed by atoms with Crippen LogP contribution in [-0.4, -0.2) is 87.2 Å². The van der Waals surface area contributed by atoms with Crippen LogP contribution in [0.25, 0.3) is 21.5 Å². The number of amides is 4. The monoisotopic (exact) mass is 933 g/mol. The number of fused-ring (bicyclic) bond motifs is 2. The minimum atomic E-state index is -1.29. The first-order valence-electron chi connectivity index (χ1n) is 22.4. The molecule has 1 heterocycles. The Morgan fingerprint density at radius 1 is 0.692 bits per heavy atom. The molecule has 0 bridgehead atoms. The molecule has 4 unspecified atom stereocenters. The van der Waals surface area contributed by atoms with Crippen molar-refractivity contribution in [2.75, 3.05) is 13.2 Å². The van der Waals surface area contributed by atoms with Gasteiger partial charge in [0.2, 0.25) is 23.6 Å². The van der Waals surface area contributed by atoms with Crippen molar-refractivity contribution in [1.29, 1.82) is 0 Å². The molecule has 4 amide bonds. The predicted octanol–water partition coefficient (Wildman–Crippen LogP) is 6.11. The van der Waals surface area contributed by atoms with Gasteiger partial charge in [0, 0.05) is 36.8 Å². The number of aromatic amines is 1. The zero-order chi connectivity index (χ0) is 45.3. The van der Waals surface area contributed by atoms with E-state index in [-0.39, 0.29) is 74.0 Å². The summed E-state index contributed by atoms with van der Waals surface area (Å²) < 4.78 is 0. The van der Waals surface area contributed by atoms with E-state index in [4.69, 9.17) is 10.8 Å². The molecule has 15 heteroatoms. The number of benzene rings is 4. The number of rotatable bonds is 25. The van der Waals surface area contributed by atoms with Gasteiger partial charge in [-0.1, -0.05) is 119 Å². The average Bonchev–Trinajstić information content (AvgIpc) is 3.78. The lowest BCUT2D eigenvalue weighted by Gasteiger charge is -2.29. The molecule has 13 nitrogen and oxygen atoms in total. The standard InChI is InChI=1S/C50H67N7O6.2ClH/c1-32(2)23-43(46(59)28-47(60)55-44(24-33(3)4)49(62)53-22-10-9-19-39(51)30-58)56-50(63)45(27-40-29-52-31-54-40)57-48(61)38(25-36-17-11-15-34-13-5-7-20-41(34)36)26-37-18-12-16-35-14-6-8-21-42(35)37;;/h5-8,11-18,20-21,29,31-33,38-39,43-46,58-59H,9-10,19,22-28,30,51H2,1-4H3,(H,52,54)(H,53,62)(H,55,60)(H,56,63)(H,57,61);2*1H/t39?,43?,44?,45?,46-;;/m0../s1. The van der Waals surface area contributed by atoms with E-state index >= 15 is 0 Å². The zero-order valence-electron chi connectivity index (χ0n) is 38.0. The van der Waals surface area contributed by atoms with Crippen LogP contribution in [0, 0.1) is 17.8 Å². The van der Waals surface area contributed by atoms with Crippen molar-refractivity contribution in [3.63, 3.8) is 0 Å². The van der Waals surface area contributed by atoms with Gasteiger partial charge in [0.15, 0.2) is 0 Å². The molecule has 0 saturated heterocycles. The number of hydrogen-bond acceptors (Lipinski definition) is 8. The Labute approximate surface area is 395 Å². The van der Waals surface area contributed by atoms with Gasteiger partial charge in [0.1, 0.15) is 12.1 Å². The number of halogens is 2. The summed E-state index contributed by atoms with van der Waals surface area (Å²) in [5, 5.41) is 36.8. The summed E-state index contributed by atoms with van der Waals surface area (Å²) in [6, 6.07) is 25.4. The first-order chi connectivity index (χ1) is 30.3. The number of unbranched alkanes of at least 4 members (excludes halogenated alkanes) is 1.